The molecule has 2 unspecified atom stereocenters. The minimum atomic E-state index is -0.210. The Morgan fingerprint density at radius 1 is 1.50 bits per heavy atom. The summed E-state index contributed by atoms with van der Waals surface area (Å²) in [6.45, 7) is 3.93. The number of rotatable bonds is 5. The topological polar surface area (TPSA) is 36.4 Å². The number of hydrogen-bond donors (Lipinski definition) is 1. The van der Waals surface area contributed by atoms with Gasteiger partial charge in [-0.1, -0.05) is 6.07 Å². The van der Waals surface area contributed by atoms with Crippen LogP contribution in [0.2, 0.25) is 0 Å². The Hall–Kier alpha value is -0.750. The van der Waals surface area contributed by atoms with Crippen LogP contribution in [0.5, 0.6) is 0 Å². The number of aliphatic hydroxyl groups is 1. The van der Waals surface area contributed by atoms with Gasteiger partial charge in [-0.3, -0.25) is 4.90 Å². The Bertz CT molecular complexity index is 536. The predicted octanol–water partition coefficient (Wildman–Crippen LogP) is 3.61. The molecule has 3 rings (SSSR count). The molecule has 3 nitrogen and oxygen atoms in total. The number of thiophene rings is 1. The number of hydrogen-bond acceptors (Lipinski definition) is 5. The summed E-state index contributed by atoms with van der Waals surface area (Å²) in [7, 11) is 0. The van der Waals surface area contributed by atoms with Crippen LogP contribution in [-0.4, -0.2) is 33.7 Å². The first-order chi connectivity index (χ1) is 9.72. The van der Waals surface area contributed by atoms with Gasteiger partial charge in [0.1, 0.15) is 5.01 Å². The third kappa shape index (κ3) is 3.28. The lowest BCUT2D eigenvalue weighted by molar-refractivity contribution is 0.130. The van der Waals surface area contributed by atoms with Crippen LogP contribution >= 0.6 is 22.7 Å². The molecule has 1 aliphatic heterocycles. The van der Waals surface area contributed by atoms with E-state index < -0.39 is 0 Å². The second kappa shape index (κ2) is 6.35. The summed E-state index contributed by atoms with van der Waals surface area (Å²) < 4.78 is 0. The second-order valence-electron chi connectivity index (χ2n) is 5.47. The highest BCUT2D eigenvalue weighted by Crippen LogP contribution is 2.29. The Morgan fingerprint density at radius 2 is 2.40 bits per heavy atom. The summed E-state index contributed by atoms with van der Waals surface area (Å²) in [5.41, 5.74) is 1.16. The maximum atomic E-state index is 9.59. The average molecular weight is 308 g/mol. The molecule has 0 amide bonds. The Labute approximate surface area is 127 Å². The van der Waals surface area contributed by atoms with Crippen molar-refractivity contribution < 1.29 is 5.11 Å². The van der Waals surface area contributed by atoms with Crippen LogP contribution in [0, 0.1) is 0 Å². The maximum absolute atomic E-state index is 9.59. The van der Waals surface area contributed by atoms with E-state index in [1.165, 1.54) is 17.7 Å². The third-order valence-corrected chi connectivity index (χ3v) is 5.69. The van der Waals surface area contributed by atoms with E-state index in [0.717, 1.165) is 30.2 Å². The van der Waals surface area contributed by atoms with Gasteiger partial charge in [-0.05, 0) is 44.2 Å². The van der Waals surface area contributed by atoms with Crippen LogP contribution in [0.15, 0.2) is 22.9 Å². The smallest absolute Gasteiger partial charge is 0.133 e. The van der Waals surface area contributed by atoms with Crippen molar-refractivity contribution in [1.82, 2.24) is 9.88 Å². The number of aromatic nitrogens is 1. The van der Waals surface area contributed by atoms with Crippen molar-refractivity contribution in [2.24, 2.45) is 0 Å². The maximum Gasteiger partial charge on any atom is 0.133 e. The number of aliphatic hydroxyl groups excluding tert-OH is 1. The monoisotopic (exact) mass is 308 g/mol. The van der Waals surface area contributed by atoms with Crippen LogP contribution in [0.3, 0.4) is 0 Å². The third-order valence-electron chi connectivity index (χ3n) is 3.76. The molecule has 1 aliphatic rings. The molecule has 1 saturated heterocycles. The van der Waals surface area contributed by atoms with Crippen LogP contribution < -0.4 is 0 Å². The Balaban J connectivity index is 1.65. The highest BCUT2D eigenvalue weighted by atomic mass is 32.1. The highest BCUT2D eigenvalue weighted by Gasteiger charge is 2.26. The number of nitrogens with zero attached hydrogens (tertiary/aromatic N) is 2. The van der Waals surface area contributed by atoms with Gasteiger partial charge in [-0.2, -0.15) is 0 Å². The molecule has 3 heterocycles. The van der Waals surface area contributed by atoms with Crippen molar-refractivity contribution in [3.63, 3.8) is 0 Å². The van der Waals surface area contributed by atoms with Crippen molar-refractivity contribution in [2.45, 2.75) is 44.9 Å². The molecule has 108 valence electrons. The lowest BCUT2D eigenvalue weighted by Crippen LogP contribution is -2.31. The van der Waals surface area contributed by atoms with Crippen LogP contribution in [0.25, 0.3) is 9.88 Å². The first-order valence-corrected chi connectivity index (χ1v) is 8.88. The fourth-order valence-electron chi connectivity index (χ4n) is 2.87. The molecule has 2 aromatic rings. The number of thiazole rings is 1. The van der Waals surface area contributed by atoms with Gasteiger partial charge in [0.25, 0.3) is 0 Å². The number of likely N-dealkylation sites (tertiary alicyclic amines) is 1. The van der Waals surface area contributed by atoms with Crippen molar-refractivity contribution in [2.75, 3.05) is 6.54 Å². The van der Waals surface area contributed by atoms with Gasteiger partial charge < -0.3 is 5.11 Å². The van der Waals surface area contributed by atoms with Gasteiger partial charge in [-0.15, -0.1) is 22.7 Å². The van der Waals surface area contributed by atoms with Crippen molar-refractivity contribution in [3.05, 3.63) is 28.6 Å². The Morgan fingerprint density at radius 3 is 3.15 bits per heavy atom. The SMILES string of the molecule is CC(O)CC1CCCN1Cc1csc(-c2cccs2)n1. The summed E-state index contributed by atoms with van der Waals surface area (Å²) in [5, 5.41) is 15.0. The highest BCUT2D eigenvalue weighted by molar-refractivity contribution is 7.20. The molecule has 0 aromatic carbocycles. The van der Waals surface area contributed by atoms with E-state index in [4.69, 9.17) is 4.98 Å². The molecular weight excluding hydrogens is 288 g/mol. The first kappa shape index (κ1) is 14.2. The fourth-order valence-corrected chi connectivity index (χ4v) is 4.49. The Kier molecular flexibility index (Phi) is 4.51. The zero-order valence-electron chi connectivity index (χ0n) is 11.7. The van der Waals surface area contributed by atoms with E-state index >= 15 is 0 Å². The van der Waals surface area contributed by atoms with Crippen LogP contribution in [0.4, 0.5) is 0 Å². The van der Waals surface area contributed by atoms with E-state index in [2.05, 4.69) is 27.8 Å². The lowest BCUT2D eigenvalue weighted by Gasteiger charge is -2.24. The molecule has 0 radical (unpaired) electrons. The van der Waals surface area contributed by atoms with E-state index in [-0.39, 0.29) is 6.10 Å². The molecule has 2 atom stereocenters. The van der Waals surface area contributed by atoms with E-state index in [0.29, 0.717) is 6.04 Å². The minimum Gasteiger partial charge on any atom is -0.393 e. The van der Waals surface area contributed by atoms with Gasteiger partial charge in [0, 0.05) is 18.0 Å². The summed E-state index contributed by atoms with van der Waals surface area (Å²) >= 11 is 3.47. The van der Waals surface area contributed by atoms with Gasteiger partial charge >= 0.3 is 0 Å². The van der Waals surface area contributed by atoms with Crippen molar-refractivity contribution >= 4 is 22.7 Å². The van der Waals surface area contributed by atoms with Gasteiger partial charge in [-0.25, -0.2) is 4.98 Å². The zero-order valence-corrected chi connectivity index (χ0v) is 13.3. The van der Waals surface area contributed by atoms with E-state index in [9.17, 15) is 5.11 Å². The molecule has 5 heteroatoms. The van der Waals surface area contributed by atoms with E-state index in [1.807, 2.05) is 6.92 Å². The summed E-state index contributed by atoms with van der Waals surface area (Å²) in [6, 6.07) is 4.71. The standard InChI is InChI=1S/C15H20N2OS2/c1-11(18)8-13-4-2-6-17(13)9-12-10-20-15(16-12)14-5-3-7-19-14/h3,5,7,10-11,13,18H,2,4,6,8-9H2,1H3. The summed E-state index contributed by atoms with van der Waals surface area (Å²) in [5.74, 6) is 0. The quantitative estimate of drug-likeness (QED) is 0.916. The molecule has 0 spiro atoms. The molecule has 0 saturated carbocycles. The van der Waals surface area contributed by atoms with Crippen LogP contribution in [-0.2, 0) is 6.54 Å². The van der Waals surface area contributed by atoms with E-state index in [1.54, 1.807) is 22.7 Å². The minimum absolute atomic E-state index is 0.210. The van der Waals surface area contributed by atoms with Crippen LogP contribution in [0.1, 0.15) is 31.9 Å². The largest absolute Gasteiger partial charge is 0.393 e. The summed E-state index contributed by atoms with van der Waals surface area (Å²) in [4.78, 5) is 8.48. The second-order valence-corrected chi connectivity index (χ2v) is 7.28. The molecule has 1 fully saturated rings. The van der Waals surface area contributed by atoms with Crippen molar-refractivity contribution in [1.29, 1.82) is 0 Å². The molecule has 0 bridgehead atoms. The zero-order chi connectivity index (χ0) is 13.9. The van der Waals surface area contributed by atoms with Crippen molar-refractivity contribution in [3.8, 4) is 9.88 Å². The fraction of sp³-hybridized carbons (Fsp3) is 0.533. The molecule has 0 aliphatic carbocycles. The van der Waals surface area contributed by atoms with Gasteiger partial charge in [0.05, 0.1) is 16.7 Å². The van der Waals surface area contributed by atoms with Gasteiger partial charge in [0.15, 0.2) is 0 Å². The normalized spacial score (nSPS) is 21.4. The average Bonchev–Trinajstić information content (AvgIpc) is 3.11. The first-order valence-electron chi connectivity index (χ1n) is 7.13. The van der Waals surface area contributed by atoms with Gasteiger partial charge in [0.2, 0.25) is 0 Å². The molecule has 2 aromatic heterocycles. The molecule has 20 heavy (non-hydrogen) atoms. The molecule has 1 N–H and O–H groups in total. The lowest BCUT2D eigenvalue weighted by atomic mass is 10.1. The predicted molar refractivity (Wildman–Crippen MR) is 85.2 cm³/mol. The summed E-state index contributed by atoms with van der Waals surface area (Å²) in [6.07, 6.45) is 3.10. The molecular formula is C15H20N2OS2.